The predicted molar refractivity (Wildman–Crippen MR) is 103 cm³/mol. The maximum atomic E-state index is 6.97. The van der Waals surface area contributed by atoms with Crippen LogP contribution in [-0.2, 0) is 15.8 Å². The summed E-state index contributed by atoms with van der Waals surface area (Å²) in [6.45, 7) is 28.3. The first-order valence-electron chi connectivity index (χ1n) is 9.41. The van der Waals surface area contributed by atoms with Gasteiger partial charge in [0.15, 0.2) is 0 Å². The first kappa shape index (κ1) is 18.0. The van der Waals surface area contributed by atoms with Crippen LogP contribution in [0, 0.1) is 38.5 Å². The summed E-state index contributed by atoms with van der Waals surface area (Å²) in [6, 6.07) is 0. The molecule has 2 unspecified atom stereocenters. The van der Waals surface area contributed by atoms with Crippen LogP contribution in [-0.4, -0.2) is 5.60 Å². The molecule has 2 bridgehead atoms. The maximum Gasteiger partial charge on any atom is 0.0973 e. The number of hydrogen-bond donors (Lipinski definition) is 0. The van der Waals surface area contributed by atoms with Crippen molar-refractivity contribution in [3.8, 4) is 0 Å². The van der Waals surface area contributed by atoms with Gasteiger partial charge in [0.25, 0.3) is 0 Å². The highest BCUT2D eigenvalue weighted by Crippen LogP contribution is 2.76. The maximum absolute atomic E-state index is 6.97. The minimum absolute atomic E-state index is 0.0354. The Morgan fingerprint density at radius 1 is 0.583 bits per heavy atom. The smallest absolute Gasteiger partial charge is 0.0973 e. The number of fused-ring (bicyclic) bond motifs is 4. The van der Waals surface area contributed by atoms with E-state index in [0.717, 1.165) is 0 Å². The van der Waals surface area contributed by atoms with Crippen LogP contribution in [0.1, 0.15) is 88.8 Å². The van der Waals surface area contributed by atoms with Gasteiger partial charge in [0.2, 0.25) is 0 Å². The molecule has 1 nitrogen and oxygen atoms in total. The average molecular weight is 329 g/mol. The molecule has 1 aromatic rings. The van der Waals surface area contributed by atoms with E-state index >= 15 is 0 Å². The first-order valence-corrected chi connectivity index (χ1v) is 9.41. The van der Waals surface area contributed by atoms with E-state index in [4.69, 9.17) is 4.74 Å². The van der Waals surface area contributed by atoms with E-state index in [9.17, 15) is 0 Å². The van der Waals surface area contributed by atoms with E-state index < -0.39 is 0 Å². The second kappa shape index (κ2) is 4.29. The number of benzene rings is 1. The zero-order valence-corrected chi connectivity index (χ0v) is 17.9. The largest absolute Gasteiger partial charge is 0.363 e. The van der Waals surface area contributed by atoms with Crippen LogP contribution in [0.2, 0.25) is 0 Å². The van der Waals surface area contributed by atoms with Crippen molar-refractivity contribution in [2.75, 3.05) is 0 Å². The van der Waals surface area contributed by atoms with Crippen molar-refractivity contribution < 1.29 is 4.74 Å². The zero-order valence-electron chi connectivity index (χ0n) is 17.9. The van der Waals surface area contributed by atoms with Gasteiger partial charge in [0.05, 0.1) is 11.2 Å². The Hall–Kier alpha value is -0.820. The molecule has 1 aromatic carbocycles. The van der Waals surface area contributed by atoms with Crippen molar-refractivity contribution in [2.45, 2.75) is 99.7 Å². The van der Waals surface area contributed by atoms with Crippen LogP contribution in [0.5, 0.6) is 0 Å². The quantitative estimate of drug-likeness (QED) is 0.545. The lowest BCUT2D eigenvalue weighted by Crippen LogP contribution is -2.61. The first-order chi connectivity index (χ1) is 10.6. The van der Waals surface area contributed by atoms with Crippen molar-refractivity contribution in [3.63, 3.8) is 0 Å². The van der Waals surface area contributed by atoms with Crippen molar-refractivity contribution in [1.82, 2.24) is 0 Å². The third-order valence-electron chi connectivity index (χ3n) is 9.15. The van der Waals surface area contributed by atoms with E-state index in [1.807, 2.05) is 0 Å². The Kier molecular flexibility index (Phi) is 3.21. The molecule has 0 spiro atoms. The summed E-state index contributed by atoms with van der Waals surface area (Å²) in [6.07, 6.45) is 0. The van der Waals surface area contributed by atoms with Crippen LogP contribution in [0.15, 0.2) is 0 Å². The highest BCUT2D eigenvalue weighted by atomic mass is 16.5. The molecule has 1 fully saturated rings. The molecule has 1 saturated heterocycles. The van der Waals surface area contributed by atoms with Gasteiger partial charge in [0.1, 0.15) is 0 Å². The van der Waals surface area contributed by atoms with Crippen molar-refractivity contribution in [1.29, 1.82) is 0 Å². The second-order valence-electron chi connectivity index (χ2n) is 10.3. The summed E-state index contributed by atoms with van der Waals surface area (Å²) in [5.41, 5.74) is 8.44. The van der Waals surface area contributed by atoms with Gasteiger partial charge in [-0.15, -0.1) is 0 Å². The molecule has 0 amide bonds. The zero-order chi connectivity index (χ0) is 18.7. The monoisotopic (exact) mass is 328 g/mol. The summed E-state index contributed by atoms with van der Waals surface area (Å²) in [5, 5.41) is 0. The molecule has 0 aromatic heterocycles. The lowest BCUT2D eigenvalue weighted by molar-refractivity contribution is -0.109. The van der Waals surface area contributed by atoms with Crippen molar-refractivity contribution in [2.24, 2.45) is 10.8 Å². The summed E-state index contributed by atoms with van der Waals surface area (Å²) >= 11 is 0. The van der Waals surface area contributed by atoms with Crippen molar-refractivity contribution in [3.05, 3.63) is 33.4 Å². The van der Waals surface area contributed by atoms with Gasteiger partial charge in [-0.25, -0.2) is 0 Å². The topological polar surface area (TPSA) is 9.23 Å². The summed E-state index contributed by atoms with van der Waals surface area (Å²) in [4.78, 5) is 0. The van der Waals surface area contributed by atoms with Crippen LogP contribution in [0.4, 0.5) is 0 Å². The van der Waals surface area contributed by atoms with Crippen LogP contribution in [0.3, 0.4) is 0 Å². The van der Waals surface area contributed by atoms with Crippen molar-refractivity contribution >= 4 is 0 Å². The van der Waals surface area contributed by atoms with E-state index in [0.29, 0.717) is 0 Å². The lowest BCUT2D eigenvalue weighted by Gasteiger charge is -2.61. The van der Waals surface area contributed by atoms with Gasteiger partial charge in [-0.1, -0.05) is 34.6 Å². The van der Waals surface area contributed by atoms with Gasteiger partial charge in [0, 0.05) is 10.8 Å². The molecule has 0 radical (unpaired) electrons. The molecular formula is C23H36O. The molecular weight excluding hydrogens is 292 g/mol. The Bertz CT molecular complexity index is 750. The number of rotatable bonds is 0. The fourth-order valence-corrected chi connectivity index (χ4v) is 6.81. The predicted octanol–water partition coefficient (Wildman–Crippen LogP) is 6.27. The Morgan fingerprint density at radius 2 is 1.00 bits per heavy atom. The number of ether oxygens (including phenoxy) is 1. The highest BCUT2D eigenvalue weighted by Gasteiger charge is 2.76. The molecule has 0 saturated carbocycles. The Morgan fingerprint density at radius 3 is 1.46 bits per heavy atom. The normalized spacial score (nSPS) is 35.0. The fraction of sp³-hybridized carbons (Fsp3) is 0.739. The van der Waals surface area contributed by atoms with E-state index in [2.05, 4.69) is 83.1 Å². The van der Waals surface area contributed by atoms with E-state index in [1.54, 1.807) is 0 Å². The van der Waals surface area contributed by atoms with E-state index in [1.165, 1.54) is 33.4 Å². The summed E-state index contributed by atoms with van der Waals surface area (Å²) in [7, 11) is 0. The molecule has 24 heavy (non-hydrogen) atoms. The highest BCUT2D eigenvalue weighted by molar-refractivity contribution is 5.60. The Balaban J connectivity index is 2.61. The lowest BCUT2D eigenvalue weighted by atomic mass is 9.40. The van der Waals surface area contributed by atoms with Gasteiger partial charge in [-0.05, 0) is 87.3 Å². The SMILES string of the molecule is Cc1c(C)c(C)c2c(c1C)C(C)(C)C1(C)C(C)(C)OC2(C)C1(C)C. The van der Waals surface area contributed by atoms with Gasteiger partial charge >= 0.3 is 0 Å². The molecule has 3 rings (SSSR count). The fourth-order valence-electron chi connectivity index (χ4n) is 6.81. The standard InChI is InChI=1S/C23H36O/c1-13-14(2)16(4)18-17(15(13)3)19(5,6)23(12)20(7,8)22(18,11)24-21(23,9)10/h1-12H3. The molecule has 2 atom stereocenters. The Labute approximate surface area is 149 Å². The molecule has 134 valence electrons. The third kappa shape index (κ3) is 1.45. The second-order valence-corrected chi connectivity index (χ2v) is 10.3. The van der Waals surface area contributed by atoms with Crippen LogP contribution < -0.4 is 0 Å². The third-order valence-corrected chi connectivity index (χ3v) is 9.15. The molecule has 1 aliphatic carbocycles. The van der Waals surface area contributed by atoms with E-state index in [-0.39, 0.29) is 27.4 Å². The molecule has 0 N–H and O–H groups in total. The van der Waals surface area contributed by atoms with Gasteiger partial charge in [-0.2, -0.15) is 0 Å². The van der Waals surface area contributed by atoms with Gasteiger partial charge < -0.3 is 4.74 Å². The molecule has 2 aliphatic rings. The molecule has 1 heterocycles. The number of hydrogen-bond acceptors (Lipinski definition) is 1. The minimum atomic E-state index is -0.261. The summed E-state index contributed by atoms with van der Waals surface area (Å²) in [5.74, 6) is 0. The van der Waals surface area contributed by atoms with Gasteiger partial charge in [-0.3, -0.25) is 0 Å². The van der Waals surface area contributed by atoms with Crippen LogP contribution >= 0.6 is 0 Å². The molecule has 1 aliphatic heterocycles. The summed E-state index contributed by atoms with van der Waals surface area (Å²) < 4.78 is 6.97. The average Bonchev–Trinajstić information content (AvgIpc) is 2.52. The molecule has 1 heteroatoms. The minimum Gasteiger partial charge on any atom is -0.363 e. The van der Waals surface area contributed by atoms with Crippen LogP contribution in [0.25, 0.3) is 0 Å².